The smallest absolute Gasteiger partial charge is 0.411 e. The molecule has 0 saturated carbocycles. The van der Waals surface area contributed by atoms with Crippen molar-refractivity contribution < 1.29 is 14.3 Å². The van der Waals surface area contributed by atoms with Crippen LogP contribution in [-0.4, -0.2) is 49.6 Å². The van der Waals surface area contributed by atoms with Crippen LogP contribution in [0, 0.1) is 0 Å². The average molecular weight is 305 g/mol. The van der Waals surface area contributed by atoms with Crippen LogP contribution in [0.15, 0.2) is 24.3 Å². The van der Waals surface area contributed by atoms with Crippen LogP contribution in [0.5, 0.6) is 0 Å². The van der Waals surface area contributed by atoms with E-state index in [1.54, 1.807) is 24.3 Å². The van der Waals surface area contributed by atoms with Crippen LogP contribution >= 0.6 is 0 Å². The molecule has 1 heterocycles. The predicted molar refractivity (Wildman–Crippen MR) is 85.1 cm³/mol. The second-order valence-electron chi connectivity index (χ2n) is 5.37. The number of nitrogens with zero attached hydrogens (tertiary/aromatic N) is 1. The number of nitrogens with two attached hydrogens (primary N) is 1. The molecule has 0 aromatic heterocycles. The van der Waals surface area contributed by atoms with Gasteiger partial charge in [-0.05, 0) is 50.2 Å². The van der Waals surface area contributed by atoms with Gasteiger partial charge in [-0.1, -0.05) is 6.42 Å². The Hall–Kier alpha value is -1.92. The second kappa shape index (κ2) is 8.51. The summed E-state index contributed by atoms with van der Waals surface area (Å²) < 4.78 is 5.17. The van der Waals surface area contributed by atoms with Gasteiger partial charge in [-0.2, -0.15) is 0 Å². The van der Waals surface area contributed by atoms with Crippen molar-refractivity contribution >= 4 is 17.6 Å². The lowest BCUT2D eigenvalue weighted by Gasteiger charge is -2.25. The predicted octanol–water partition coefficient (Wildman–Crippen LogP) is 1.86. The summed E-state index contributed by atoms with van der Waals surface area (Å²) in [6.07, 6.45) is 3.26. The zero-order valence-corrected chi connectivity index (χ0v) is 12.7. The molecule has 120 valence electrons. The summed E-state index contributed by atoms with van der Waals surface area (Å²) in [6, 6.07) is 6.60. The molecule has 0 atom stereocenters. The van der Waals surface area contributed by atoms with Crippen molar-refractivity contribution in [3.63, 3.8) is 0 Å². The summed E-state index contributed by atoms with van der Waals surface area (Å²) in [6.45, 7) is 3.31. The maximum Gasteiger partial charge on any atom is 0.411 e. The first-order chi connectivity index (χ1) is 10.7. The number of Topliss-reactive ketones (excluding diaryl/α,β-unsaturated/α-hetero) is 1. The van der Waals surface area contributed by atoms with Gasteiger partial charge in [0.2, 0.25) is 0 Å². The lowest BCUT2D eigenvalue weighted by Crippen LogP contribution is -2.33. The molecule has 6 heteroatoms. The maximum absolute atomic E-state index is 11.7. The van der Waals surface area contributed by atoms with Crippen LogP contribution < -0.4 is 11.1 Å². The fourth-order valence-corrected chi connectivity index (χ4v) is 2.46. The number of carbonyl (C=O) groups is 2. The van der Waals surface area contributed by atoms with Gasteiger partial charge in [-0.3, -0.25) is 15.0 Å². The molecular formula is C16H23N3O3. The second-order valence-corrected chi connectivity index (χ2v) is 5.37. The summed E-state index contributed by atoms with van der Waals surface area (Å²) in [4.78, 5) is 25.4. The van der Waals surface area contributed by atoms with E-state index in [0.29, 0.717) is 17.9 Å². The number of likely N-dealkylation sites (tertiary alicyclic amines) is 1. The minimum atomic E-state index is -0.477. The fourth-order valence-electron chi connectivity index (χ4n) is 2.46. The minimum absolute atomic E-state index is 0.0225. The molecule has 1 fully saturated rings. The van der Waals surface area contributed by atoms with Crippen LogP contribution in [0.3, 0.4) is 0 Å². The van der Waals surface area contributed by atoms with E-state index >= 15 is 0 Å². The standard InChI is InChI=1S/C16H23N3O3/c17-12-15(20)13-4-6-14(7-5-13)18-16(21)22-11-10-19-8-2-1-3-9-19/h4-7H,1-3,8-12,17H2,(H,18,21). The lowest BCUT2D eigenvalue weighted by atomic mass is 10.1. The van der Waals surface area contributed by atoms with Gasteiger partial charge in [0, 0.05) is 17.8 Å². The van der Waals surface area contributed by atoms with E-state index in [4.69, 9.17) is 10.5 Å². The van der Waals surface area contributed by atoms with E-state index in [2.05, 4.69) is 10.2 Å². The molecule has 1 aliphatic heterocycles. The van der Waals surface area contributed by atoms with Crippen LogP contribution in [0.2, 0.25) is 0 Å². The molecular weight excluding hydrogens is 282 g/mol. The number of carbonyl (C=O) groups excluding carboxylic acids is 2. The van der Waals surface area contributed by atoms with Crippen molar-refractivity contribution in [2.75, 3.05) is 38.1 Å². The lowest BCUT2D eigenvalue weighted by molar-refractivity contribution is 0.100. The first-order valence-electron chi connectivity index (χ1n) is 7.68. The van der Waals surface area contributed by atoms with E-state index in [0.717, 1.165) is 19.6 Å². The van der Waals surface area contributed by atoms with Crippen molar-refractivity contribution in [3.05, 3.63) is 29.8 Å². The normalized spacial score (nSPS) is 15.3. The van der Waals surface area contributed by atoms with E-state index in [1.165, 1.54) is 19.3 Å². The molecule has 1 aromatic rings. The van der Waals surface area contributed by atoms with Gasteiger partial charge < -0.3 is 10.5 Å². The third kappa shape index (κ3) is 5.13. The fraction of sp³-hybridized carbons (Fsp3) is 0.500. The zero-order valence-electron chi connectivity index (χ0n) is 12.7. The Balaban J connectivity index is 1.71. The van der Waals surface area contributed by atoms with Gasteiger partial charge in [0.15, 0.2) is 5.78 Å². The van der Waals surface area contributed by atoms with Gasteiger partial charge in [0.05, 0.1) is 6.54 Å². The minimum Gasteiger partial charge on any atom is -0.448 e. The highest BCUT2D eigenvalue weighted by Crippen LogP contribution is 2.11. The topological polar surface area (TPSA) is 84.7 Å². The van der Waals surface area contributed by atoms with Gasteiger partial charge in [0.1, 0.15) is 6.61 Å². The third-order valence-electron chi connectivity index (χ3n) is 3.73. The average Bonchev–Trinajstić information content (AvgIpc) is 2.56. The summed E-state index contributed by atoms with van der Waals surface area (Å²) in [5.74, 6) is -0.129. The first kappa shape index (κ1) is 16.5. The Kier molecular flexibility index (Phi) is 6.36. The molecule has 1 saturated heterocycles. The number of ether oxygens (including phenoxy) is 1. The molecule has 0 bridgehead atoms. The molecule has 0 radical (unpaired) electrons. The Morgan fingerprint density at radius 3 is 2.45 bits per heavy atom. The van der Waals surface area contributed by atoms with Crippen LogP contribution in [0.1, 0.15) is 29.6 Å². The first-order valence-corrected chi connectivity index (χ1v) is 7.68. The van der Waals surface area contributed by atoms with Crippen molar-refractivity contribution in [3.8, 4) is 0 Å². The van der Waals surface area contributed by atoms with Crippen molar-refractivity contribution in [2.45, 2.75) is 19.3 Å². The number of piperidine rings is 1. The molecule has 0 unspecified atom stereocenters. The summed E-state index contributed by atoms with van der Waals surface area (Å²) in [5.41, 5.74) is 6.42. The summed E-state index contributed by atoms with van der Waals surface area (Å²) in [7, 11) is 0. The number of amides is 1. The van der Waals surface area contributed by atoms with Crippen LogP contribution in [0.25, 0.3) is 0 Å². The molecule has 2 rings (SSSR count). The number of hydrogen-bond donors (Lipinski definition) is 2. The van der Waals surface area contributed by atoms with Crippen molar-refractivity contribution in [2.24, 2.45) is 5.73 Å². The number of hydrogen-bond acceptors (Lipinski definition) is 5. The molecule has 3 N–H and O–H groups in total. The van der Waals surface area contributed by atoms with Crippen molar-refractivity contribution in [1.82, 2.24) is 4.90 Å². The molecule has 22 heavy (non-hydrogen) atoms. The number of rotatable bonds is 6. The highest BCUT2D eigenvalue weighted by molar-refractivity contribution is 5.98. The summed E-state index contributed by atoms with van der Waals surface area (Å²) in [5, 5.41) is 2.64. The van der Waals surface area contributed by atoms with E-state index < -0.39 is 6.09 Å². The third-order valence-corrected chi connectivity index (χ3v) is 3.73. The number of nitrogens with one attached hydrogen (secondary N) is 1. The van der Waals surface area contributed by atoms with Crippen LogP contribution in [-0.2, 0) is 4.74 Å². The highest BCUT2D eigenvalue weighted by Gasteiger charge is 2.11. The van der Waals surface area contributed by atoms with E-state index in [1.807, 2.05) is 0 Å². The Morgan fingerprint density at radius 1 is 1.14 bits per heavy atom. The maximum atomic E-state index is 11.7. The Bertz CT molecular complexity index is 496. The monoisotopic (exact) mass is 305 g/mol. The zero-order chi connectivity index (χ0) is 15.8. The molecule has 6 nitrogen and oxygen atoms in total. The largest absolute Gasteiger partial charge is 0.448 e. The van der Waals surface area contributed by atoms with E-state index in [-0.39, 0.29) is 12.3 Å². The van der Waals surface area contributed by atoms with Gasteiger partial charge in [-0.15, -0.1) is 0 Å². The number of benzene rings is 1. The van der Waals surface area contributed by atoms with Gasteiger partial charge in [-0.25, -0.2) is 4.79 Å². The molecule has 0 aliphatic carbocycles. The molecule has 0 spiro atoms. The van der Waals surface area contributed by atoms with Gasteiger partial charge in [0.25, 0.3) is 0 Å². The molecule has 1 aromatic carbocycles. The quantitative estimate of drug-likeness (QED) is 0.784. The van der Waals surface area contributed by atoms with Crippen LogP contribution in [0.4, 0.5) is 10.5 Å². The SMILES string of the molecule is NCC(=O)c1ccc(NC(=O)OCCN2CCCCC2)cc1. The van der Waals surface area contributed by atoms with Gasteiger partial charge >= 0.3 is 6.09 Å². The summed E-state index contributed by atoms with van der Waals surface area (Å²) >= 11 is 0. The highest BCUT2D eigenvalue weighted by atomic mass is 16.5. The molecule has 1 amide bonds. The Labute approximate surface area is 130 Å². The van der Waals surface area contributed by atoms with Crippen molar-refractivity contribution in [1.29, 1.82) is 0 Å². The number of anilines is 1. The molecule has 1 aliphatic rings. The Morgan fingerprint density at radius 2 is 1.82 bits per heavy atom. The number of ketones is 1. The van der Waals surface area contributed by atoms with E-state index in [9.17, 15) is 9.59 Å².